The van der Waals surface area contributed by atoms with Crippen molar-refractivity contribution >= 4 is 63.5 Å². The van der Waals surface area contributed by atoms with Gasteiger partial charge in [0.25, 0.3) is 5.91 Å². The summed E-state index contributed by atoms with van der Waals surface area (Å²) in [5.41, 5.74) is 0.821. The molecule has 3 rings (SSSR count). The van der Waals surface area contributed by atoms with Crippen LogP contribution in [-0.4, -0.2) is 21.2 Å². The Labute approximate surface area is 166 Å². The first-order valence-corrected chi connectivity index (χ1v) is 9.71. The van der Waals surface area contributed by atoms with E-state index in [0.717, 1.165) is 12.0 Å². The Morgan fingerprint density at radius 1 is 1.28 bits per heavy atom. The number of rotatable bonds is 4. The number of furan rings is 1. The van der Waals surface area contributed by atoms with Crippen LogP contribution >= 0.6 is 47.2 Å². The predicted molar refractivity (Wildman–Crippen MR) is 109 cm³/mol. The summed E-state index contributed by atoms with van der Waals surface area (Å²) in [4.78, 5) is 14.8. The van der Waals surface area contributed by atoms with Crippen molar-refractivity contribution < 1.29 is 9.21 Å². The van der Waals surface area contributed by atoms with Gasteiger partial charge in [0.15, 0.2) is 0 Å². The average molecular weight is 412 g/mol. The minimum Gasteiger partial charge on any atom is -0.457 e. The standard InChI is InChI=1S/C18H15Cl2NO2S2/c1-3-10(2)21-17(22)16(25-18(21)24)9-12-5-7-15(23-12)11-4-6-13(19)14(20)8-11/h4-10H,3H2,1-2H3/b16-9+/t10-/m1/s1. The molecule has 2 aromatic rings. The number of benzene rings is 1. The highest BCUT2D eigenvalue weighted by Gasteiger charge is 2.34. The third-order valence-corrected chi connectivity index (χ3v) is 6.03. The van der Waals surface area contributed by atoms with Crippen LogP contribution in [0.3, 0.4) is 0 Å². The molecule has 0 N–H and O–H groups in total. The number of hydrogen-bond donors (Lipinski definition) is 0. The Morgan fingerprint density at radius 2 is 2.04 bits per heavy atom. The first-order valence-electron chi connectivity index (χ1n) is 7.73. The van der Waals surface area contributed by atoms with Gasteiger partial charge < -0.3 is 4.42 Å². The molecule has 0 bridgehead atoms. The number of amides is 1. The summed E-state index contributed by atoms with van der Waals surface area (Å²) in [6.45, 7) is 4.02. The van der Waals surface area contributed by atoms with Gasteiger partial charge in [-0.1, -0.05) is 54.1 Å². The molecule has 0 spiro atoms. The van der Waals surface area contributed by atoms with E-state index in [-0.39, 0.29) is 11.9 Å². The highest BCUT2D eigenvalue weighted by molar-refractivity contribution is 8.26. The van der Waals surface area contributed by atoms with Gasteiger partial charge in [-0.05, 0) is 43.7 Å². The Morgan fingerprint density at radius 3 is 2.72 bits per heavy atom. The molecule has 1 amide bonds. The molecule has 1 aromatic heterocycles. The Hall–Kier alpha value is -1.27. The molecule has 7 heteroatoms. The summed E-state index contributed by atoms with van der Waals surface area (Å²) in [5, 5.41) is 0.956. The molecule has 1 aliphatic rings. The Bertz CT molecular complexity index is 876. The molecule has 2 heterocycles. The first-order chi connectivity index (χ1) is 11.9. The fourth-order valence-corrected chi connectivity index (χ4v) is 4.15. The average Bonchev–Trinajstić information content (AvgIpc) is 3.15. The highest BCUT2D eigenvalue weighted by atomic mass is 35.5. The van der Waals surface area contributed by atoms with Crippen molar-refractivity contribution in [3.63, 3.8) is 0 Å². The lowest BCUT2D eigenvalue weighted by atomic mass is 10.2. The van der Waals surface area contributed by atoms with E-state index in [4.69, 9.17) is 39.8 Å². The van der Waals surface area contributed by atoms with E-state index in [1.54, 1.807) is 23.1 Å². The third-order valence-electron chi connectivity index (χ3n) is 3.96. The SMILES string of the molecule is CC[C@@H](C)N1C(=O)/C(=C\c2ccc(-c3ccc(Cl)c(Cl)c3)o2)SC1=S. The van der Waals surface area contributed by atoms with Gasteiger partial charge >= 0.3 is 0 Å². The molecule has 1 aromatic carbocycles. The maximum Gasteiger partial charge on any atom is 0.266 e. The molecule has 1 aliphatic heterocycles. The summed E-state index contributed by atoms with van der Waals surface area (Å²) < 4.78 is 6.41. The minimum absolute atomic E-state index is 0.0724. The van der Waals surface area contributed by atoms with Crippen molar-refractivity contribution in [2.75, 3.05) is 0 Å². The van der Waals surface area contributed by atoms with Crippen LogP contribution in [0.15, 0.2) is 39.7 Å². The molecule has 0 unspecified atom stereocenters. The zero-order valence-corrected chi connectivity index (χ0v) is 16.7. The van der Waals surface area contributed by atoms with Crippen molar-refractivity contribution in [3.05, 3.63) is 51.0 Å². The predicted octanol–water partition coefficient (Wildman–Crippen LogP) is 6.25. The Balaban J connectivity index is 1.86. The molecule has 25 heavy (non-hydrogen) atoms. The van der Waals surface area contributed by atoms with Gasteiger partial charge in [0, 0.05) is 17.7 Å². The van der Waals surface area contributed by atoms with Gasteiger partial charge in [0.2, 0.25) is 0 Å². The molecular weight excluding hydrogens is 397 g/mol. The second-order valence-corrected chi connectivity index (χ2v) is 8.13. The first kappa shape index (κ1) is 18.5. The largest absolute Gasteiger partial charge is 0.457 e. The zero-order chi connectivity index (χ0) is 18.1. The lowest BCUT2D eigenvalue weighted by molar-refractivity contribution is -0.123. The summed E-state index contributed by atoms with van der Waals surface area (Å²) in [6, 6.07) is 9.03. The van der Waals surface area contributed by atoms with Crippen molar-refractivity contribution in [3.8, 4) is 11.3 Å². The van der Waals surface area contributed by atoms with Crippen LogP contribution in [0.2, 0.25) is 10.0 Å². The number of carbonyl (C=O) groups excluding carboxylic acids is 1. The maximum absolute atomic E-state index is 12.6. The molecule has 130 valence electrons. The van der Waals surface area contributed by atoms with Crippen LogP contribution in [0.4, 0.5) is 0 Å². The van der Waals surface area contributed by atoms with Gasteiger partial charge in [-0.3, -0.25) is 9.69 Å². The Kier molecular flexibility index (Phi) is 5.58. The van der Waals surface area contributed by atoms with Crippen LogP contribution in [0.1, 0.15) is 26.0 Å². The molecule has 0 radical (unpaired) electrons. The van der Waals surface area contributed by atoms with Crippen molar-refractivity contribution in [2.45, 2.75) is 26.3 Å². The van der Waals surface area contributed by atoms with Gasteiger partial charge in [0.1, 0.15) is 15.8 Å². The molecular formula is C18H15Cl2NO2S2. The van der Waals surface area contributed by atoms with E-state index >= 15 is 0 Å². The lowest BCUT2D eigenvalue weighted by Gasteiger charge is -2.21. The second kappa shape index (κ2) is 7.54. The highest BCUT2D eigenvalue weighted by Crippen LogP contribution is 2.35. The number of nitrogens with zero attached hydrogens (tertiary/aromatic N) is 1. The maximum atomic E-state index is 12.6. The van der Waals surface area contributed by atoms with Crippen LogP contribution in [0.5, 0.6) is 0 Å². The molecule has 3 nitrogen and oxygen atoms in total. The van der Waals surface area contributed by atoms with Crippen molar-refractivity contribution in [1.29, 1.82) is 0 Å². The van der Waals surface area contributed by atoms with E-state index in [2.05, 4.69) is 0 Å². The summed E-state index contributed by atoms with van der Waals surface area (Å²) in [6.07, 6.45) is 2.57. The van der Waals surface area contributed by atoms with Crippen LogP contribution < -0.4 is 0 Å². The lowest BCUT2D eigenvalue weighted by Crippen LogP contribution is -2.36. The number of carbonyl (C=O) groups is 1. The number of thiocarbonyl (C=S) groups is 1. The summed E-state index contributed by atoms with van der Waals surface area (Å²) in [7, 11) is 0. The van der Waals surface area contributed by atoms with E-state index in [0.29, 0.717) is 30.8 Å². The second-order valence-electron chi connectivity index (χ2n) is 5.64. The zero-order valence-electron chi connectivity index (χ0n) is 13.6. The third kappa shape index (κ3) is 3.80. The smallest absolute Gasteiger partial charge is 0.266 e. The van der Waals surface area contributed by atoms with Crippen molar-refractivity contribution in [2.24, 2.45) is 0 Å². The minimum atomic E-state index is -0.0724. The van der Waals surface area contributed by atoms with Gasteiger partial charge in [-0.2, -0.15) is 0 Å². The fourth-order valence-electron chi connectivity index (χ4n) is 2.41. The quantitative estimate of drug-likeness (QED) is 0.439. The molecule has 0 aliphatic carbocycles. The van der Waals surface area contributed by atoms with E-state index in [1.165, 1.54) is 11.8 Å². The summed E-state index contributed by atoms with van der Waals surface area (Å²) >= 11 is 18.6. The summed E-state index contributed by atoms with van der Waals surface area (Å²) in [5.74, 6) is 1.17. The monoisotopic (exact) mass is 411 g/mol. The van der Waals surface area contributed by atoms with E-state index in [1.807, 2.05) is 32.0 Å². The fraction of sp³-hybridized carbons (Fsp3) is 0.222. The normalized spacial score (nSPS) is 17.6. The van der Waals surface area contributed by atoms with Gasteiger partial charge in [-0.15, -0.1) is 0 Å². The van der Waals surface area contributed by atoms with E-state index in [9.17, 15) is 4.79 Å². The molecule has 1 fully saturated rings. The van der Waals surface area contributed by atoms with Crippen LogP contribution in [-0.2, 0) is 4.79 Å². The van der Waals surface area contributed by atoms with Crippen LogP contribution in [0.25, 0.3) is 17.4 Å². The number of hydrogen-bond acceptors (Lipinski definition) is 4. The number of halogens is 2. The van der Waals surface area contributed by atoms with Crippen LogP contribution in [0, 0.1) is 0 Å². The van der Waals surface area contributed by atoms with Gasteiger partial charge in [-0.25, -0.2) is 0 Å². The van der Waals surface area contributed by atoms with Crippen molar-refractivity contribution in [1.82, 2.24) is 4.90 Å². The molecule has 0 saturated carbocycles. The van der Waals surface area contributed by atoms with Gasteiger partial charge in [0.05, 0.1) is 15.0 Å². The van der Waals surface area contributed by atoms with E-state index < -0.39 is 0 Å². The molecule has 1 atom stereocenters. The topological polar surface area (TPSA) is 33.5 Å². The molecule has 1 saturated heterocycles. The number of thioether (sulfide) groups is 1.